The van der Waals surface area contributed by atoms with Crippen molar-refractivity contribution in [1.29, 1.82) is 0 Å². The summed E-state index contributed by atoms with van der Waals surface area (Å²) in [6, 6.07) is 15.4. The number of hydrogen-bond donors (Lipinski definition) is 1. The molecule has 0 aromatic heterocycles. The Bertz CT molecular complexity index is 718. The van der Waals surface area contributed by atoms with Crippen LogP contribution in [0.4, 0.5) is 0 Å². The molecule has 0 fully saturated rings. The molecule has 0 spiro atoms. The summed E-state index contributed by atoms with van der Waals surface area (Å²) in [4.78, 5) is 12.4. The molecule has 1 atom stereocenters. The van der Waals surface area contributed by atoms with Crippen molar-refractivity contribution >= 4 is 12.0 Å². The molecule has 1 N–H and O–H groups in total. The van der Waals surface area contributed by atoms with Gasteiger partial charge in [-0.15, -0.1) is 0 Å². The average molecular weight is 353 g/mol. The summed E-state index contributed by atoms with van der Waals surface area (Å²) in [6.07, 6.45) is 4.24. The van der Waals surface area contributed by atoms with Gasteiger partial charge < -0.3 is 14.8 Å². The number of rotatable bonds is 8. The molecule has 1 amide bonds. The molecular formula is C22H27NO3. The van der Waals surface area contributed by atoms with Crippen LogP contribution < -0.4 is 14.8 Å². The largest absolute Gasteiger partial charge is 0.497 e. The van der Waals surface area contributed by atoms with Crippen LogP contribution in [0.2, 0.25) is 0 Å². The van der Waals surface area contributed by atoms with Crippen LogP contribution in [0.5, 0.6) is 11.5 Å². The summed E-state index contributed by atoms with van der Waals surface area (Å²) in [5.41, 5.74) is 2.02. The molecule has 0 bridgehead atoms. The van der Waals surface area contributed by atoms with Crippen molar-refractivity contribution in [1.82, 2.24) is 5.32 Å². The first-order valence-electron chi connectivity index (χ1n) is 8.78. The summed E-state index contributed by atoms with van der Waals surface area (Å²) in [6.45, 7) is 4.30. The first-order chi connectivity index (χ1) is 12.5. The highest BCUT2D eigenvalue weighted by Gasteiger charge is 2.15. The Balaban J connectivity index is 2.05. The zero-order chi connectivity index (χ0) is 18.9. The lowest BCUT2D eigenvalue weighted by molar-refractivity contribution is -0.117. The topological polar surface area (TPSA) is 47.6 Å². The van der Waals surface area contributed by atoms with Crippen LogP contribution in [0, 0.1) is 5.92 Å². The van der Waals surface area contributed by atoms with Gasteiger partial charge in [0.15, 0.2) is 0 Å². The summed E-state index contributed by atoms with van der Waals surface area (Å²) >= 11 is 0. The predicted molar refractivity (Wildman–Crippen MR) is 105 cm³/mol. The quantitative estimate of drug-likeness (QED) is 0.705. The highest BCUT2D eigenvalue weighted by molar-refractivity contribution is 5.92. The average Bonchev–Trinajstić information content (AvgIpc) is 2.66. The van der Waals surface area contributed by atoms with Gasteiger partial charge in [0.25, 0.3) is 0 Å². The number of ether oxygens (including phenoxy) is 2. The Labute approximate surface area is 155 Å². The lowest BCUT2D eigenvalue weighted by Gasteiger charge is -2.20. The molecule has 4 nitrogen and oxygen atoms in total. The molecule has 0 saturated heterocycles. The van der Waals surface area contributed by atoms with Gasteiger partial charge in [-0.05, 0) is 53.8 Å². The van der Waals surface area contributed by atoms with E-state index in [2.05, 4.69) is 19.2 Å². The smallest absolute Gasteiger partial charge is 0.244 e. The number of carbonyl (C=O) groups excluding carboxylic acids is 1. The molecule has 0 aliphatic carbocycles. The Morgan fingerprint density at radius 3 is 2.00 bits per heavy atom. The van der Waals surface area contributed by atoms with Crippen LogP contribution >= 0.6 is 0 Å². The third-order valence-corrected chi connectivity index (χ3v) is 4.08. The second-order valence-electron chi connectivity index (χ2n) is 6.57. The first-order valence-corrected chi connectivity index (χ1v) is 8.78. The van der Waals surface area contributed by atoms with E-state index in [1.54, 1.807) is 26.4 Å². The molecule has 0 aliphatic rings. The normalized spacial score (nSPS) is 12.2. The van der Waals surface area contributed by atoms with Gasteiger partial charge in [-0.1, -0.05) is 38.1 Å². The third kappa shape index (κ3) is 5.96. The van der Waals surface area contributed by atoms with Crippen LogP contribution in [-0.4, -0.2) is 20.1 Å². The van der Waals surface area contributed by atoms with Gasteiger partial charge in [0.2, 0.25) is 5.91 Å². The molecular weight excluding hydrogens is 326 g/mol. The molecule has 0 unspecified atom stereocenters. The van der Waals surface area contributed by atoms with E-state index >= 15 is 0 Å². The number of methoxy groups -OCH3 is 2. The second-order valence-corrected chi connectivity index (χ2v) is 6.57. The molecule has 4 heteroatoms. The molecule has 2 rings (SSSR count). The minimum Gasteiger partial charge on any atom is -0.497 e. The molecule has 138 valence electrons. The molecule has 0 saturated carbocycles. The lowest BCUT2D eigenvalue weighted by atomic mass is 9.97. The van der Waals surface area contributed by atoms with Gasteiger partial charge in [0.1, 0.15) is 11.5 Å². The van der Waals surface area contributed by atoms with Crippen molar-refractivity contribution in [3.63, 3.8) is 0 Å². The van der Waals surface area contributed by atoms with Gasteiger partial charge in [0, 0.05) is 6.08 Å². The molecule has 0 aliphatic heterocycles. The van der Waals surface area contributed by atoms with Gasteiger partial charge in [-0.2, -0.15) is 0 Å². The monoisotopic (exact) mass is 353 g/mol. The molecule has 0 radical (unpaired) electrons. The van der Waals surface area contributed by atoms with Crippen LogP contribution in [0.25, 0.3) is 6.08 Å². The zero-order valence-corrected chi connectivity index (χ0v) is 15.9. The lowest BCUT2D eigenvalue weighted by Crippen LogP contribution is -2.27. The highest BCUT2D eigenvalue weighted by atomic mass is 16.5. The number of nitrogens with one attached hydrogen (secondary N) is 1. The Morgan fingerprint density at radius 1 is 0.962 bits per heavy atom. The number of hydrogen-bond acceptors (Lipinski definition) is 3. The van der Waals surface area contributed by atoms with Crippen LogP contribution in [-0.2, 0) is 4.79 Å². The summed E-state index contributed by atoms with van der Waals surface area (Å²) in [5.74, 6) is 1.96. The van der Waals surface area contributed by atoms with Crippen LogP contribution in [0.3, 0.4) is 0 Å². The van der Waals surface area contributed by atoms with Crippen molar-refractivity contribution in [2.75, 3.05) is 14.2 Å². The fourth-order valence-electron chi connectivity index (χ4n) is 2.69. The minimum absolute atomic E-state index is 0.0334. The zero-order valence-electron chi connectivity index (χ0n) is 15.9. The maximum Gasteiger partial charge on any atom is 0.244 e. The van der Waals surface area contributed by atoms with E-state index in [-0.39, 0.29) is 11.9 Å². The Morgan fingerprint density at radius 2 is 1.50 bits per heavy atom. The standard InChI is InChI=1S/C22H27NO3/c1-16(2)15-21(18-8-12-20(26-4)13-9-18)23-22(24)14-7-17-5-10-19(25-3)11-6-17/h5-14,16,21H,15H2,1-4H3,(H,23,24)/b14-7+/t21-/m1/s1. The fourth-order valence-corrected chi connectivity index (χ4v) is 2.69. The van der Waals surface area contributed by atoms with Crippen molar-refractivity contribution < 1.29 is 14.3 Å². The van der Waals surface area contributed by atoms with Crippen LogP contribution in [0.15, 0.2) is 54.6 Å². The van der Waals surface area contributed by atoms with E-state index in [1.165, 1.54) is 0 Å². The van der Waals surface area contributed by atoms with E-state index in [0.29, 0.717) is 5.92 Å². The van der Waals surface area contributed by atoms with Crippen molar-refractivity contribution in [2.45, 2.75) is 26.3 Å². The molecule has 2 aromatic rings. The molecule has 26 heavy (non-hydrogen) atoms. The van der Waals surface area contributed by atoms with Gasteiger partial charge in [-0.25, -0.2) is 0 Å². The van der Waals surface area contributed by atoms with Gasteiger partial charge >= 0.3 is 0 Å². The highest BCUT2D eigenvalue weighted by Crippen LogP contribution is 2.23. The summed E-state index contributed by atoms with van der Waals surface area (Å²) in [5, 5.41) is 3.10. The number of carbonyl (C=O) groups is 1. The van der Waals surface area contributed by atoms with E-state index < -0.39 is 0 Å². The number of amides is 1. The minimum atomic E-state index is -0.109. The SMILES string of the molecule is COc1ccc(/C=C/C(=O)N[C@H](CC(C)C)c2ccc(OC)cc2)cc1. The van der Waals surface area contributed by atoms with E-state index in [4.69, 9.17) is 9.47 Å². The maximum absolute atomic E-state index is 12.4. The van der Waals surface area contributed by atoms with Crippen molar-refractivity contribution in [3.05, 3.63) is 65.7 Å². The Hall–Kier alpha value is -2.75. The van der Waals surface area contributed by atoms with E-state index in [0.717, 1.165) is 29.0 Å². The second kappa shape index (κ2) is 9.66. The molecule has 0 heterocycles. The third-order valence-electron chi connectivity index (χ3n) is 4.08. The van der Waals surface area contributed by atoms with E-state index in [1.807, 2.05) is 48.5 Å². The predicted octanol–water partition coefficient (Wildman–Crippen LogP) is 4.62. The number of benzene rings is 2. The summed E-state index contributed by atoms with van der Waals surface area (Å²) in [7, 11) is 3.28. The fraction of sp³-hybridized carbons (Fsp3) is 0.318. The molecule has 2 aromatic carbocycles. The maximum atomic E-state index is 12.4. The summed E-state index contributed by atoms with van der Waals surface area (Å²) < 4.78 is 10.3. The van der Waals surface area contributed by atoms with E-state index in [9.17, 15) is 4.79 Å². The van der Waals surface area contributed by atoms with Gasteiger partial charge in [-0.3, -0.25) is 4.79 Å². The van der Waals surface area contributed by atoms with Gasteiger partial charge in [0.05, 0.1) is 20.3 Å². The first kappa shape index (κ1) is 19.6. The Kier molecular flexibility index (Phi) is 7.27. The van der Waals surface area contributed by atoms with Crippen molar-refractivity contribution in [2.24, 2.45) is 5.92 Å². The van der Waals surface area contributed by atoms with Crippen LogP contribution in [0.1, 0.15) is 37.4 Å². The van der Waals surface area contributed by atoms with Crippen molar-refractivity contribution in [3.8, 4) is 11.5 Å².